The summed E-state index contributed by atoms with van der Waals surface area (Å²) in [4.78, 5) is 4.37. The normalized spacial score (nSPS) is 11.6. The van der Waals surface area contributed by atoms with E-state index < -0.39 is 0 Å². The predicted molar refractivity (Wildman–Crippen MR) is 307 cm³/mol. The number of para-hydroxylation sites is 4. The maximum Gasteiger partial charge on any atom is 0.159 e. The van der Waals surface area contributed by atoms with Crippen molar-refractivity contribution in [3.8, 4) is 33.4 Å². The fraction of sp³-hybridized carbons (Fsp3) is 0. The van der Waals surface area contributed by atoms with Crippen molar-refractivity contribution in [3.05, 3.63) is 267 Å². The number of fused-ring (bicyclic) bond motifs is 11. The number of benzene rings is 12. The van der Waals surface area contributed by atoms with Gasteiger partial charge in [-0.1, -0.05) is 182 Å². The Morgan fingerprint density at radius 2 is 0.904 bits per heavy atom. The van der Waals surface area contributed by atoms with Crippen LogP contribution in [0.15, 0.2) is 265 Å². The molecule has 0 saturated carbocycles. The van der Waals surface area contributed by atoms with Crippen LogP contribution in [0.25, 0.3) is 97.0 Å². The Morgan fingerprint density at radius 3 is 1.64 bits per heavy atom. The molecular formula is C68H43FN2OS. The first-order chi connectivity index (χ1) is 36.1. The second-order valence-corrected chi connectivity index (χ2v) is 19.6. The van der Waals surface area contributed by atoms with Crippen molar-refractivity contribution >= 4 is 109 Å². The summed E-state index contributed by atoms with van der Waals surface area (Å²) in [5.74, 6) is -0.295. The molecule has 0 N–H and O–H groups in total. The lowest BCUT2D eigenvalue weighted by molar-refractivity contribution is 0.630. The van der Waals surface area contributed by atoms with E-state index in [1.807, 2.05) is 78.9 Å². The number of thiophene rings is 1. The molecule has 14 aromatic rings. The topological polar surface area (TPSA) is 19.6 Å². The van der Waals surface area contributed by atoms with Crippen molar-refractivity contribution in [1.82, 2.24) is 0 Å². The largest absolute Gasteiger partial charge is 0.454 e. The molecule has 12 aromatic carbocycles. The Morgan fingerprint density at radius 1 is 0.342 bits per heavy atom. The highest BCUT2D eigenvalue weighted by molar-refractivity contribution is 7.27. The Bertz CT molecular complexity index is 4380. The van der Waals surface area contributed by atoms with Gasteiger partial charge >= 0.3 is 0 Å². The van der Waals surface area contributed by atoms with Gasteiger partial charge in [0.15, 0.2) is 5.58 Å². The zero-order valence-corrected chi connectivity index (χ0v) is 40.2. The average molecular weight is 955 g/mol. The maximum atomic E-state index is 17.3. The van der Waals surface area contributed by atoms with Crippen LogP contribution in [0.2, 0.25) is 0 Å². The molecule has 0 aliphatic carbocycles. The number of rotatable bonds is 9. The molecule has 0 amide bonds. The van der Waals surface area contributed by atoms with E-state index in [2.05, 4.69) is 186 Å². The number of hydrogen-bond donors (Lipinski definition) is 0. The van der Waals surface area contributed by atoms with Crippen LogP contribution in [0, 0.1) is 5.82 Å². The minimum atomic E-state index is -0.295. The molecule has 0 fully saturated rings. The molecule has 73 heavy (non-hydrogen) atoms. The van der Waals surface area contributed by atoms with Crippen LogP contribution in [0.5, 0.6) is 0 Å². The molecule has 0 saturated heterocycles. The summed E-state index contributed by atoms with van der Waals surface area (Å²) in [7, 11) is 0. The van der Waals surface area contributed by atoms with Crippen molar-refractivity contribution in [2.45, 2.75) is 0 Å². The minimum Gasteiger partial charge on any atom is -0.454 e. The molecule has 0 unspecified atom stereocenters. The van der Waals surface area contributed by atoms with Gasteiger partial charge in [0.2, 0.25) is 0 Å². The van der Waals surface area contributed by atoms with Gasteiger partial charge in [0.25, 0.3) is 0 Å². The molecule has 14 rings (SSSR count). The van der Waals surface area contributed by atoms with Gasteiger partial charge in [0, 0.05) is 64.6 Å². The highest BCUT2D eigenvalue weighted by Gasteiger charge is 2.25. The van der Waals surface area contributed by atoms with Gasteiger partial charge in [-0.25, -0.2) is 4.39 Å². The van der Waals surface area contributed by atoms with E-state index >= 15 is 4.39 Å². The molecule has 5 heteroatoms. The SMILES string of the molecule is Fc1cc(-c2ccccc2)cc(-c2ccccc2)c1N(c1ccccc1)c1ccc2c(c1)sc1c3ccc(-c4ccc(N(c5ccccc5)c5cccc6c5oc5ccccc56)cc4)cc3c3ccccc3c21. The number of hydrogen-bond acceptors (Lipinski definition) is 4. The molecular weight excluding hydrogens is 912 g/mol. The Hall–Kier alpha value is -9.29. The number of halogens is 1. The summed E-state index contributed by atoms with van der Waals surface area (Å²) in [6, 6.07) is 90.5. The lowest BCUT2D eigenvalue weighted by atomic mass is 9.94. The monoisotopic (exact) mass is 954 g/mol. The molecule has 0 atom stereocenters. The van der Waals surface area contributed by atoms with Crippen LogP contribution in [-0.4, -0.2) is 0 Å². The zero-order valence-electron chi connectivity index (χ0n) is 39.4. The summed E-state index contributed by atoms with van der Waals surface area (Å²) >= 11 is 1.80. The first kappa shape index (κ1) is 42.6. The lowest BCUT2D eigenvalue weighted by Gasteiger charge is -2.29. The van der Waals surface area contributed by atoms with Gasteiger partial charge in [-0.2, -0.15) is 0 Å². The highest BCUT2D eigenvalue weighted by atomic mass is 32.1. The van der Waals surface area contributed by atoms with E-state index in [1.165, 1.54) is 37.0 Å². The van der Waals surface area contributed by atoms with E-state index in [0.29, 0.717) is 5.69 Å². The van der Waals surface area contributed by atoms with Gasteiger partial charge < -0.3 is 14.2 Å². The molecule has 0 aliphatic rings. The van der Waals surface area contributed by atoms with E-state index in [1.54, 1.807) is 17.4 Å². The number of anilines is 6. The lowest BCUT2D eigenvalue weighted by Crippen LogP contribution is -2.13. The molecule has 2 aromatic heterocycles. The van der Waals surface area contributed by atoms with Gasteiger partial charge in [0.1, 0.15) is 11.4 Å². The predicted octanol–water partition coefficient (Wildman–Crippen LogP) is 20.3. The standard InChI is InChI=1S/C68H43FN2OS/c69-61-42-48(44-18-5-1-6-19-44)41-59(46-20-7-2-8-21-46)66(61)71(50-24-11-4-12-25-50)52-37-39-58-64(43-52)73-68-57-38-34-47(40-60(57)53-26-13-14-28-55(53)65(58)68)45-32-35-51(36-33-45)70(49-22-9-3-10-23-49)62-30-17-29-56-54-27-15-16-31-63(54)72-67(56)62/h1-43H. The first-order valence-corrected chi connectivity index (χ1v) is 25.4. The zero-order chi connectivity index (χ0) is 48.4. The summed E-state index contributed by atoms with van der Waals surface area (Å²) in [6.45, 7) is 0. The van der Waals surface area contributed by atoms with Crippen LogP contribution < -0.4 is 9.80 Å². The van der Waals surface area contributed by atoms with Crippen molar-refractivity contribution in [3.63, 3.8) is 0 Å². The fourth-order valence-electron chi connectivity index (χ4n) is 10.9. The van der Waals surface area contributed by atoms with E-state index in [4.69, 9.17) is 4.42 Å². The summed E-state index contributed by atoms with van der Waals surface area (Å²) in [6.07, 6.45) is 0. The highest BCUT2D eigenvalue weighted by Crippen LogP contribution is 2.50. The summed E-state index contributed by atoms with van der Waals surface area (Å²) in [5, 5.41) is 9.45. The van der Waals surface area contributed by atoms with Gasteiger partial charge in [-0.3, -0.25) is 0 Å². The molecule has 0 bridgehead atoms. The van der Waals surface area contributed by atoms with E-state index in [0.717, 1.165) is 88.5 Å². The van der Waals surface area contributed by atoms with Gasteiger partial charge in [-0.05, 0) is 123 Å². The van der Waals surface area contributed by atoms with E-state index in [9.17, 15) is 0 Å². The number of nitrogens with zero attached hydrogens (tertiary/aromatic N) is 2. The van der Waals surface area contributed by atoms with Crippen LogP contribution in [0.1, 0.15) is 0 Å². The first-order valence-electron chi connectivity index (χ1n) is 24.6. The van der Waals surface area contributed by atoms with Gasteiger partial charge in [-0.15, -0.1) is 11.3 Å². The third kappa shape index (κ3) is 7.24. The molecule has 2 heterocycles. The second kappa shape index (κ2) is 17.5. The second-order valence-electron chi connectivity index (χ2n) is 18.5. The van der Waals surface area contributed by atoms with Crippen LogP contribution in [0.3, 0.4) is 0 Å². The van der Waals surface area contributed by atoms with Crippen LogP contribution in [-0.2, 0) is 0 Å². The number of furan rings is 1. The van der Waals surface area contributed by atoms with Crippen molar-refractivity contribution in [2.24, 2.45) is 0 Å². The Labute approximate surface area is 425 Å². The quantitative estimate of drug-likeness (QED) is 0.134. The Kier molecular flexibility index (Phi) is 10.2. The molecule has 0 radical (unpaired) electrons. The van der Waals surface area contributed by atoms with Crippen molar-refractivity contribution in [2.75, 3.05) is 9.80 Å². The molecule has 3 nitrogen and oxygen atoms in total. The summed E-state index contributed by atoms with van der Waals surface area (Å²) < 4.78 is 26.3. The Balaban J connectivity index is 0.892. The molecule has 344 valence electrons. The molecule has 0 aliphatic heterocycles. The summed E-state index contributed by atoms with van der Waals surface area (Å²) in [5.41, 5.74) is 12.9. The maximum absolute atomic E-state index is 17.3. The van der Waals surface area contributed by atoms with Crippen molar-refractivity contribution in [1.29, 1.82) is 0 Å². The third-order valence-corrected chi connectivity index (χ3v) is 15.5. The van der Waals surface area contributed by atoms with Crippen LogP contribution >= 0.6 is 11.3 Å². The minimum absolute atomic E-state index is 0.295. The smallest absolute Gasteiger partial charge is 0.159 e. The fourth-order valence-corrected chi connectivity index (χ4v) is 12.2. The van der Waals surface area contributed by atoms with E-state index in [-0.39, 0.29) is 5.82 Å². The van der Waals surface area contributed by atoms with Gasteiger partial charge in [0.05, 0.1) is 11.4 Å². The van der Waals surface area contributed by atoms with Crippen LogP contribution in [0.4, 0.5) is 38.5 Å². The average Bonchev–Trinajstić information content (AvgIpc) is 4.04. The van der Waals surface area contributed by atoms with Crippen molar-refractivity contribution < 1.29 is 8.81 Å². The molecule has 0 spiro atoms. The third-order valence-electron chi connectivity index (χ3n) is 14.3.